The van der Waals surface area contributed by atoms with E-state index in [0.717, 1.165) is 33.0 Å². The third-order valence-corrected chi connectivity index (χ3v) is 5.72. The summed E-state index contributed by atoms with van der Waals surface area (Å²) in [4.78, 5) is 22.0. The molecule has 0 bridgehead atoms. The number of aromatic nitrogens is 3. The van der Waals surface area contributed by atoms with Crippen LogP contribution in [-0.2, 0) is 7.05 Å². The molecule has 0 aliphatic heterocycles. The summed E-state index contributed by atoms with van der Waals surface area (Å²) in [6, 6.07) is 4.19. The number of carbonyl (C=O) groups is 1. The van der Waals surface area contributed by atoms with E-state index >= 15 is 0 Å². The minimum Gasteiger partial charge on any atom is -0.308 e. The van der Waals surface area contributed by atoms with Gasteiger partial charge in [-0.3, -0.25) is 14.4 Å². The molecule has 0 radical (unpaired) electrons. The van der Waals surface area contributed by atoms with Crippen LogP contribution in [0.15, 0.2) is 18.3 Å². The molecule has 0 aliphatic carbocycles. The Hall–Kier alpha value is -1.96. The van der Waals surface area contributed by atoms with Gasteiger partial charge in [-0.1, -0.05) is 23.5 Å². The molecule has 0 aliphatic rings. The Bertz CT molecular complexity index is 904. The summed E-state index contributed by atoms with van der Waals surface area (Å²) in [6.45, 7) is 7.39. The Morgan fingerprint density at radius 1 is 1.11 bits per heavy atom. The number of aryl methyl sites for hydroxylation is 4. The van der Waals surface area contributed by atoms with Crippen molar-refractivity contribution >= 4 is 45.0 Å². The molecule has 2 heterocycles. The maximum Gasteiger partial charge on any atom is 0.278 e. The molecule has 3 rings (SSSR count). The average molecular weight is 408 g/mol. The number of anilines is 1. The molecule has 0 N–H and O–H groups in total. The molecule has 1 amide bonds. The number of benzene rings is 1. The monoisotopic (exact) mass is 407 g/mol. The Kier molecular flexibility index (Phi) is 6.62. The van der Waals surface area contributed by atoms with Crippen LogP contribution < -0.4 is 4.90 Å². The highest BCUT2D eigenvalue weighted by Gasteiger charge is 2.25. The number of halogens is 1. The SMILES string of the molecule is Cc1cnn(C)c1C(=O)N(CCN(C)C)c1nc2c(C)ccc(C)c2s1.Cl. The second kappa shape index (κ2) is 8.37. The average Bonchev–Trinajstić information content (AvgIpc) is 3.16. The highest BCUT2D eigenvalue weighted by molar-refractivity contribution is 7.22. The molecule has 1 aromatic carbocycles. The first-order valence-corrected chi connectivity index (χ1v) is 9.43. The van der Waals surface area contributed by atoms with Crippen molar-refractivity contribution in [3.05, 3.63) is 40.7 Å². The Labute approximate surface area is 170 Å². The van der Waals surface area contributed by atoms with Gasteiger partial charge in [-0.05, 0) is 51.6 Å². The van der Waals surface area contributed by atoms with Crippen LogP contribution in [0.5, 0.6) is 0 Å². The van der Waals surface area contributed by atoms with E-state index in [1.807, 2.05) is 21.0 Å². The highest BCUT2D eigenvalue weighted by atomic mass is 35.5. The van der Waals surface area contributed by atoms with Crippen molar-refractivity contribution in [1.29, 1.82) is 0 Å². The molecule has 0 atom stereocenters. The van der Waals surface area contributed by atoms with Crippen molar-refractivity contribution in [2.75, 3.05) is 32.1 Å². The lowest BCUT2D eigenvalue weighted by Gasteiger charge is -2.22. The van der Waals surface area contributed by atoms with Gasteiger partial charge >= 0.3 is 0 Å². The number of fused-ring (bicyclic) bond motifs is 1. The molecule has 0 spiro atoms. The van der Waals surface area contributed by atoms with E-state index in [4.69, 9.17) is 4.98 Å². The maximum atomic E-state index is 13.3. The quantitative estimate of drug-likeness (QED) is 0.648. The fraction of sp³-hybridized carbons (Fsp3) is 0.421. The lowest BCUT2D eigenvalue weighted by Crippen LogP contribution is -2.38. The predicted octanol–water partition coefficient (Wildman–Crippen LogP) is 3.59. The molecule has 0 fully saturated rings. The first kappa shape index (κ1) is 21.3. The minimum atomic E-state index is -0.0567. The van der Waals surface area contributed by atoms with E-state index in [2.05, 4.69) is 36.0 Å². The van der Waals surface area contributed by atoms with E-state index in [-0.39, 0.29) is 18.3 Å². The zero-order valence-electron chi connectivity index (χ0n) is 16.6. The minimum absolute atomic E-state index is 0. The molecule has 3 aromatic rings. The van der Waals surface area contributed by atoms with Crippen molar-refractivity contribution in [3.63, 3.8) is 0 Å². The van der Waals surface area contributed by atoms with Crippen molar-refractivity contribution in [2.45, 2.75) is 20.8 Å². The van der Waals surface area contributed by atoms with Gasteiger partial charge in [-0.15, -0.1) is 12.4 Å². The van der Waals surface area contributed by atoms with E-state index in [1.165, 1.54) is 5.56 Å². The molecule has 6 nitrogen and oxygen atoms in total. The van der Waals surface area contributed by atoms with Crippen molar-refractivity contribution in [1.82, 2.24) is 19.7 Å². The van der Waals surface area contributed by atoms with E-state index < -0.39 is 0 Å². The molecule has 0 saturated heterocycles. The zero-order chi connectivity index (χ0) is 19.0. The van der Waals surface area contributed by atoms with Crippen molar-refractivity contribution in [3.8, 4) is 0 Å². The number of hydrogen-bond donors (Lipinski definition) is 0. The van der Waals surface area contributed by atoms with Crippen LogP contribution in [0.25, 0.3) is 10.2 Å². The van der Waals surface area contributed by atoms with Gasteiger partial charge in [0.05, 0.1) is 16.4 Å². The molecule has 0 unspecified atom stereocenters. The molecule has 2 aromatic heterocycles. The summed E-state index contributed by atoms with van der Waals surface area (Å²) in [5, 5.41) is 4.96. The number of likely N-dealkylation sites (N-methyl/N-ethyl adjacent to an activating group) is 1. The van der Waals surface area contributed by atoms with E-state index in [0.29, 0.717) is 12.2 Å². The second-order valence-electron chi connectivity index (χ2n) is 6.93. The van der Waals surface area contributed by atoms with Crippen LogP contribution in [0, 0.1) is 20.8 Å². The van der Waals surface area contributed by atoms with Crippen LogP contribution in [0.4, 0.5) is 5.13 Å². The number of nitrogens with zero attached hydrogens (tertiary/aromatic N) is 5. The van der Waals surface area contributed by atoms with Gasteiger partial charge in [-0.2, -0.15) is 5.10 Å². The van der Waals surface area contributed by atoms with Gasteiger partial charge in [0.25, 0.3) is 5.91 Å². The molecular weight excluding hydrogens is 382 g/mol. The fourth-order valence-electron chi connectivity index (χ4n) is 2.93. The Morgan fingerprint density at radius 3 is 2.33 bits per heavy atom. The largest absolute Gasteiger partial charge is 0.308 e. The summed E-state index contributed by atoms with van der Waals surface area (Å²) in [7, 11) is 5.81. The third-order valence-electron chi connectivity index (χ3n) is 4.50. The summed E-state index contributed by atoms with van der Waals surface area (Å²) < 4.78 is 2.79. The first-order chi connectivity index (χ1) is 12.3. The summed E-state index contributed by atoms with van der Waals surface area (Å²) in [5.41, 5.74) is 4.78. The Balaban J connectivity index is 0.00000261. The van der Waals surface area contributed by atoms with Gasteiger partial charge in [-0.25, -0.2) is 4.98 Å². The Morgan fingerprint density at radius 2 is 1.78 bits per heavy atom. The summed E-state index contributed by atoms with van der Waals surface area (Å²) >= 11 is 1.58. The topological polar surface area (TPSA) is 54.3 Å². The molecule has 27 heavy (non-hydrogen) atoms. The zero-order valence-corrected chi connectivity index (χ0v) is 18.2. The van der Waals surface area contributed by atoms with E-state index in [1.54, 1.807) is 34.2 Å². The van der Waals surface area contributed by atoms with E-state index in [9.17, 15) is 4.79 Å². The number of thiazole rings is 1. The lowest BCUT2D eigenvalue weighted by atomic mass is 10.1. The van der Waals surface area contributed by atoms with Crippen molar-refractivity contribution in [2.24, 2.45) is 7.05 Å². The van der Waals surface area contributed by atoms with Gasteiger partial charge in [0.15, 0.2) is 5.13 Å². The summed E-state index contributed by atoms with van der Waals surface area (Å²) in [6.07, 6.45) is 1.73. The van der Waals surface area contributed by atoms with Crippen LogP contribution in [0.1, 0.15) is 27.2 Å². The van der Waals surface area contributed by atoms with Crippen LogP contribution in [0.2, 0.25) is 0 Å². The number of amides is 1. The second-order valence-corrected chi connectivity index (χ2v) is 7.91. The summed E-state index contributed by atoms with van der Waals surface area (Å²) in [5.74, 6) is -0.0567. The smallest absolute Gasteiger partial charge is 0.278 e. The molecule has 146 valence electrons. The van der Waals surface area contributed by atoms with Gasteiger partial charge in [0.2, 0.25) is 0 Å². The van der Waals surface area contributed by atoms with Gasteiger partial charge in [0, 0.05) is 20.1 Å². The van der Waals surface area contributed by atoms with Crippen LogP contribution >= 0.6 is 23.7 Å². The van der Waals surface area contributed by atoms with Crippen molar-refractivity contribution < 1.29 is 4.79 Å². The fourth-order valence-corrected chi connectivity index (χ4v) is 4.07. The predicted molar refractivity (Wildman–Crippen MR) is 115 cm³/mol. The normalized spacial score (nSPS) is 11.1. The third kappa shape index (κ3) is 4.15. The first-order valence-electron chi connectivity index (χ1n) is 8.61. The van der Waals surface area contributed by atoms with Gasteiger partial charge < -0.3 is 4.90 Å². The van der Waals surface area contributed by atoms with Crippen LogP contribution in [0.3, 0.4) is 0 Å². The standard InChI is InChI=1S/C19H25N5OS.ClH/c1-12-7-8-13(2)17-15(12)21-19(26-17)24(10-9-22(4)5)18(25)16-14(3)11-20-23(16)6;/h7-8,11H,9-10H2,1-6H3;1H. The number of carbonyl (C=O) groups excluding carboxylic acids is 1. The molecular formula is C19H26ClN5OS. The lowest BCUT2D eigenvalue weighted by molar-refractivity contribution is 0.0975. The number of hydrogen-bond acceptors (Lipinski definition) is 5. The molecule has 8 heteroatoms. The highest BCUT2D eigenvalue weighted by Crippen LogP contribution is 2.33. The van der Waals surface area contributed by atoms with Gasteiger partial charge in [0.1, 0.15) is 5.69 Å². The maximum absolute atomic E-state index is 13.3. The van der Waals surface area contributed by atoms with Crippen LogP contribution in [-0.4, -0.2) is 52.8 Å². The number of rotatable bonds is 5. The molecule has 0 saturated carbocycles.